The van der Waals surface area contributed by atoms with Crippen molar-refractivity contribution in [1.82, 2.24) is 10.6 Å². The van der Waals surface area contributed by atoms with E-state index in [9.17, 15) is 19.2 Å². The summed E-state index contributed by atoms with van der Waals surface area (Å²) < 4.78 is 5.88. The maximum Gasteiger partial charge on any atom is 0.328 e. The number of aliphatic hydroxyl groups excluding tert-OH is 1. The first-order valence-corrected chi connectivity index (χ1v) is 20.5. The first-order valence-electron chi connectivity index (χ1n) is 20.5. The average Bonchev–Trinajstić information content (AvgIpc) is 3.13. The van der Waals surface area contributed by atoms with Gasteiger partial charge in [0.05, 0.1) is 13.2 Å². The summed E-state index contributed by atoms with van der Waals surface area (Å²) in [6.45, 7) is 3.39. The fourth-order valence-corrected chi connectivity index (χ4v) is 5.57. The second-order valence-electron chi connectivity index (χ2n) is 13.7. The molecule has 0 rings (SSSR count). The number of hydrogen-bond donors (Lipinski definition) is 4. The minimum atomic E-state index is -1.39. The first-order chi connectivity index (χ1) is 25.3. The summed E-state index contributed by atoms with van der Waals surface area (Å²) in [6, 6.07) is -1.39. The van der Waals surface area contributed by atoms with Gasteiger partial charge in [-0.3, -0.25) is 14.4 Å². The molecular weight excluding hydrogens is 656 g/mol. The first kappa shape index (κ1) is 48.8. The van der Waals surface area contributed by atoms with E-state index in [4.69, 9.17) is 14.9 Å². The number of amides is 2. The Morgan fingerprint density at radius 3 is 1.65 bits per heavy atom. The third kappa shape index (κ3) is 33.9. The fourth-order valence-electron chi connectivity index (χ4n) is 5.57. The van der Waals surface area contributed by atoms with Gasteiger partial charge in [0, 0.05) is 12.8 Å². The third-order valence-electron chi connectivity index (χ3n) is 8.78. The fraction of sp³-hybridized carbons (Fsp3) is 0.721. The van der Waals surface area contributed by atoms with Crippen LogP contribution >= 0.6 is 0 Å². The number of hydrogen-bond acceptors (Lipinski definition) is 6. The number of carbonyl (C=O) groups excluding carboxylic acids is 3. The molecule has 52 heavy (non-hydrogen) atoms. The van der Waals surface area contributed by atoms with E-state index in [1.165, 1.54) is 70.6 Å². The lowest BCUT2D eigenvalue weighted by atomic mass is 10.1. The maximum absolute atomic E-state index is 12.7. The number of unbranched alkanes of at least 4 members (excludes halogenated alkanes) is 16. The number of aliphatic carboxylic acids is 1. The van der Waals surface area contributed by atoms with Gasteiger partial charge >= 0.3 is 11.9 Å². The highest BCUT2D eigenvalue weighted by Crippen LogP contribution is 2.14. The second kappa shape index (κ2) is 37.6. The standard InChI is InChI=1S/C43H74N2O7/c1-3-5-7-9-11-13-14-15-16-17-18-19-21-23-25-31-35-42(49)52-38(32-28-24-22-20-12-10-8-6-4-2)33-29-26-27-30-34-40(47)44-36-41(48)45-39(37-46)43(50)51/h13-14,16-17,20,22,28,32,38-39,46H,3-12,15,18-19,21,23-27,29-31,33-37H2,1-2H3,(H,44,47)(H,45,48)(H,50,51)/b14-13-,17-16-,22-20-,32-28-. The smallest absolute Gasteiger partial charge is 0.328 e. The van der Waals surface area contributed by atoms with Crippen LogP contribution in [-0.4, -0.2) is 59.3 Å². The Bertz CT molecular complexity index is 1020. The van der Waals surface area contributed by atoms with Gasteiger partial charge in [-0.2, -0.15) is 0 Å². The molecule has 0 saturated heterocycles. The zero-order valence-electron chi connectivity index (χ0n) is 32.8. The highest BCUT2D eigenvalue weighted by Gasteiger charge is 2.18. The number of esters is 1. The Morgan fingerprint density at radius 2 is 1.10 bits per heavy atom. The molecule has 0 bridgehead atoms. The van der Waals surface area contributed by atoms with E-state index in [1.54, 1.807) is 0 Å². The normalized spacial score (nSPS) is 13.0. The molecule has 9 nitrogen and oxygen atoms in total. The van der Waals surface area contributed by atoms with Crippen molar-refractivity contribution in [3.8, 4) is 0 Å². The van der Waals surface area contributed by atoms with Crippen molar-refractivity contribution < 1.29 is 34.1 Å². The average molecular weight is 731 g/mol. The van der Waals surface area contributed by atoms with Crippen molar-refractivity contribution >= 4 is 23.8 Å². The Balaban J connectivity index is 4.37. The van der Waals surface area contributed by atoms with Crippen LogP contribution < -0.4 is 10.6 Å². The number of rotatable bonds is 36. The van der Waals surface area contributed by atoms with Crippen LogP contribution in [-0.2, 0) is 23.9 Å². The molecule has 0 aliphatic carbocycles. The molecule has 0 fully saturated rings. The number of carboxylic acids is 1. The topological polar surface area (TPSA) is 142 Å². The number of allylic oxidation sites excluding steroid dienone is 7. The Labute approximate surface area is 316 Å². The minimum Gasteiger partial charge on any atom is -0.480 e. The Kier molecular flexibility index (Phi) is 35.2. The van der Waals surface area contributed by atoms with E-state index in [1.807, 2.05) is 6.08 Å². The van der Waals surface area contributed by atoms with Crippen molar-refractivity contribution in [3.05, 3.63) is 48.6 Å². The van der Waals surface area contributed by atoms with Gasteiger partial charge in [0.2, 0.25) is 11.8 Å². The van der Waals surface area contributed by atoms with Crippen LogP contribution in [0.5, 0.6) is 0 Å². The number of carbonyl (C=O) groups is 4. The van der Waals surface area contributed by atoms with E-state index < -0.39 is 24.5 Å². The van der Waals surface area contributed by atoms with Gasteiger partial charge in [0.15, 0.2) is 0 Å². The molecule has 298 valence electrons. The summed E-state index contributed by atoms with van der Waals surface area (Å²) in [5.74, 6) is -2.44. The summed E-state index contributed by atoms with van der Waals surface area (Å²) >= 11 is 0. The van der Waals surface area contributed by atoms with E-state index in [0.717, 1.165) is 70.6 Å². The molecule has 9 heteroatoms. The van der Waals surface area contributed by atoms with Gasteiger partial charge in [-0.05, 0) is 83.1 Å². The van der Waals surface area contributed by atoms with E-state index in [0.29, 0.717) is 12.8 Å². The number of nitrogens with one attached hydrogen (secondary N) is 2. The molecule has 0 aromatic heterocycles. The summed E-state index contributed by atoms with van der Waals surface area (Å²) in [4.78, 5) is 47.5. The molecule has 0 aliphatic rings. The van der Waals surface area contributed by atoms with Gasteiger partial charge in [-0.15, -0.1) is 0 Å². The zero-order valence-corrected chi connectivity index (χ0v) is 32.8. The van der Waals surface area contributed by atoms with Crippen LogP contribution in [0.1, 0.15) is 174 Å². The lowest BCUT2D eigenvalue weighted by Gasteiger charge is -2.15. The van der Waals surface area contributed by atoms with E-state index in [-0.39, 0.29) is 30.9 Å². The summed E-state index contributed by atoms with van der Waals surface area (Å²) in [5.41, 5.74) is 0. The highest BCUT2D eigenvalue weighted by atomic mass is 16.5. The lowest BCUT2D eigenvalue weighted by Crippen LogP contribution is -2.47. The quantitative estimate of drug-likeness (QED) is 0.0286. The van der Waals surface area contributed by atoms with Crippen LogP contribution in [0, 0.1) is 0 Å². The third-order valence-corrected chi connectivity index (χ3v) is 8.78. The molecular formula is C43H74N2O7. The van der Waals surface area contributed by atoms with E-state index in [2.05, 4.69) is 67.0 Å². The molecule has 0 radical (unpaired) electrons. The molecule has 2 unspecified atom stereocenters. The van der Waals surface area contributed by atoms with Gasteiger partial charge in [-0.1, -0.05) is 127 Å². The van der Waals surface area contributed by atoms with Gasteiger partial charge in [0.1, 0.15) is 12.1 Å². The van der Waals surface area contributed by atoms with Crippen LogP contribution in [0.3, 0.4) is 0 Å². The van der Waals surface area contributed by atoms with E-state index >= 15 is 0 Å². The second-order valence-corrected chi connectivity index (χ2v) is 13.7. The largest absolute Gasteiger partial charge is 0.480 e. The van der Waals surface area contributed by atoms with Crippen molar-refractivity contribution in [3.63, 3.8) is 0 Å². The summed E-state index contributed by atoms with van der Waals surface area (Å²) in [7, 11) is 0. The van der Waals surface area contributed by atoms with Crippen molar-refractivity contribution in [1.29, 1.82) is 0 Å². The van der Waals surface area contributed by atoms with Crippen LogP contribution in [0.25, 0.3) is 0 Å². The van der Waals surface area contributed by atoms with Gasteiger partial charge < -0.3 is 25.6 Å². The van der Waals surface area contributed by atoms with Crippen LogP contribution in [0.4, 0.5) is 0 Å². The Morgan fingerprint density at radius 1 is 0.596 bits per heavy atom. The molecule has 0 aromatic rings. The predicted molar refractivity (Wildman–Crippen MR) is 213 cm³/mol. The van der Waals surface area contributed by atoms with Crippen LogP contribution in [0.2, 0.25) is 0 Å². The minimum absolute atomic E-state index is 0.142. The maximum atomic E-state index is 12.7. The van der Waals surface area contributed by atoms with Crippen molar-refractivity contribution in [2.24, 2.45) is 0 Å². The Hall–Kier alpha value is -3.20. The SMILES string of the molecule is CCCCCC/C=C\C/C=C\CCCCCCCC(=O)OC(/C=C\C/C=C\CCCCCC)CCCCCCC(=O)NCC(=O)NC(CO)C(=O)O. The van der Waals surface area contributed by atoms with Gasteiger partial charge in [-0.25, -0.2) is 4.79 Å². The van der Waals surface area contributed by atoms with Crippen molar-refractivity contribution in [2.75, 3.05) is 13.2 Å². The highest BCUT2D eigenvalue weighted by molar-refractivity contribution is 5.87. The molecule has 0 heterocycles. The molecule has 0 aromatic carbocycles. The molecule has 2 atom stereocenters. The number of carboxylic acid groups (broad SMARTS) is 1. The van der Waals surface area contributed by atoms with Crippen molar-refractivity contribution in [2.45, 2.75) is 187 Å². The summed E-state index contributed by atoms with van der Waals surface area (Å²) in [6.07, 6.45) is 42.9. The molecule has 2 amide bonds. The molecule has 0 aliphatic heterocycles. The predicted octanol–water partition coefficient (Wildman–Crippen LogP) is 9.59. The number of ether oxygens (including phenoxy) is 1. The molecule has 0 saturated carbocycles. The molecule has 4 N–H and O–H groups in total. The lowest BCUT2D eigenvalue weighted by molar-refractivity contribution is -0.147. The number of aliphatic hydroxyl groups is 1. The van der Waals surface area contributed by atoms with Crippen LogP contribution in [0.15, 0.2) is 48.6 Å². The zero-order chi connectivity index (χ0) is 38.3. The van der Waals surface area contributed by atoms with Gasteiger partial charge in [0.25, 0.3) is 0 Å². The summed E-state index contributed by atoms with van der Waals surface area (Å²) in [5, 5.41) is 22.5. The monoisotopic (exact) mass is 731 g/mol. The molecule has 0 spiro atoms.